The topological polar surface area (TPSA) is 65.0 Å². The molecular formula is C47H27N3O2. The van der Waals surface area contributed by atoms with E-state index in [0.29, 0.717) is 5.82 Å². The summed E-state index contributed by atoms with van der Waals surface area (Å²) in [7, 11) is 0. The summed E-state index contributed by atoms with van der Waals surface area (Å²) >= 11 is 0. The van der Waals surface area contributed by atoms with Gasteiger partial charge in [-0.05, 0) is 42.5 Å². The van der Waals surface area contributed by atoms with Gasteiger partial charge in [0.25, 0.3) is 0 Å². The molecule has 0 radical (unpaired) electrons. The van der Waals surface area contributed by atoms with E-state index in [1.54, 1.807) is 0 Å². The summed E-state index contributed by atoms with van der Waals surface area (Å²) in [6.45, 7) is 0. The lowest BCUT2D eigenvalue weighted by Gasteiger charge is -2.11. The zero-order valence-corrected chi connectivity index (χ0v) is 27.7. The maximum Gasteiger partial charge on any atom is 0.160 e. The lowest BCUT2D eigenvalue weighted by molar-refractivity contribution is 0.670. The fourth-order valence-electron chi connectivity index (χ4n) is 7.74. The molecule has 0 unspecified atom stereocenters. The Morgan fingerprint density at radius 2 is 0.962 bits per heavy atom. The first-order chi connectivity index (χ1) is 25.8. The third kappa shape index (κ3) is 4.33. The zero-order chi connectivity index (χ0) is 34.2. The van der Waals surface area contributed by atoms with Crippen LogP contribution >= 0.6 is 0 Å². The molecule has 0 aliphatic rings. The fraction of sp³-hybridized carbons (Fsp3) is 0. The number of fused-ring (bicyclic) bond motifs is 10. The molecule has 5 nitrogen and oxygen atoms in total. The van der Waals surface area contributed by atoms with E-state index in [4.69, 9.17) is 23.8 Å². The van der Waals surface area contributed by atoms with E-state index >= 15 is 0 Å². The van der Waals surface area contributed by atoms with E-state index in [-0.39, 0.29) is 0 Å². The van der Waals surface area contributed by atoms with Gasteiger partial charge in [0, 0.05) is 60.0 Å². The van der Waals surface area contributed by atoms with Crippen molar-refractivity contribution in [3.05, 3.63) is 164 Å². The van der Waals surface area contributed by atoms with Gasteiger partial charge in [-0.3, -0.25) is 0 Å². The molecule has 0 spiro atoms. The van der Waals surface area contributed by atoms with Crippen molar-refractivity contribution in [2.24, 2.45) is 0 Å². The molecule has 0 aliphatic heterocycles. The summed E-state index contributed by atoms with van der Waals surface area (Å²) < 4.78 is 13.3. The molecular weight excluding hydrogens is 639 g/mol. The summed E-state index contributed by atoms with van der Waals surface area (Å²) in [5, 5.41) is 7.52. The molecule has 242 valence electrons. The normalized spacial score (nSPS) is 11.8. The minimum Gasteiger partial charge on any atom is -0.455 e. The predicted octanol–water partition coefficient (Wildman–Crippen LogP) is 12.6. The van der Waals surface area contributed by atoms with E-state index in [1.165, 1.54) is 0 Å². The van der Waals surface area contributed by atoms with E-state index in [1.807, 2.05) is 60.7 Å². The molecule has 0 fully saturated rings. The van der Waals surface area contributed by atoms with Crippen LogP contribution in [0.15, 0.2) is 173 Å². The highest BCUT2D eigenvalue weighted by atomic mass is 16.3. The smallest absolute Gasteiger partial charge is 0.160 e. The van der Waals surface area contributed by atoms with Crippen LogP contribution in [0, 0.1) is 0 Å². The van der Waals surface area contributed by atoms with Gasteiger partial charge in [0.1, 0.15) is 22.3 Å². The average Bonchev–Trinajstić information content (AvgIpc) is 3.80. The van der Waals surface area contributed by atoms with Gasteiger partial charge in [0.2, 0.25) is 0 Å². The number of aromatic nitrogens is 3. The Kier molecular flexibility index (Phi) is 6.18. The lowest BCUT2D eigenvalue weighted by atomic mass is 9.95. The van der Waals surface area contributed by atoms with Crippen LogP contribution in [0.25, 0.3) is 111 Å². The first-order valence-corrected chi connectivity index (χ1v) is 17.4. The molecule has 0 saturated carbocycles. The number of hydrogen-bond acceptors (Lipinski definition) is 5. The second-order valence-corrected chi connectivity index (χ2v) is 13.1. The second-order valence-electron chi connectivity index (χ2n) is 13.1. The fourth-order valence-corrected chi connectivity index (χ4v) is 7.74. The molecule has 4 aromatic heterocycles. The summed E-state index contributed by atoms with van der Waals surface area (Å²) in [4.78, 5) is 15.5. The number of rotatable bonds is 4. The van der Waals surface area contributed by atoms with Crippen molar-refractivity contribution in [1.82, 2.24) is 15.0 Å². The first kappa shape index (κ1) is 28.7. The minimum absolute atomic E-state index is 0.629. The van der Waals surface area contributed by atoms with Crippen LogP contribution in [-0.4, -0.2) is 15.0 Å². The van der Waals surface area contributed by atoms with Gasteiger partial charge in [0.15, 0.2) is 5.82 Å². The Morgan fingerprint density at radius 1 is 0.365 bits per heavy atom. The van der Waals surface area contributed by atoms with Crippen LogP contribution in [0.4, 0.5) is 0 Å². The summed E-state index contributed by atoms with van der Waals surface area (Å²) in [6.07, 6.45) is 0. The summed E-state index contributed by atoms with van der Waals surface area (Å²) in [5.41, 5.74) is 10.5. The third-order valence-corrected chi connectivity index (χ3v) is 10.1. The van der Waals surface area contributed by atoms with Gasteiger partial charge in [-0.2, -0.15) is 0 Å². The van der Waals surface area contributed by atoms with Crippen LogP contribution in [0.3, 0.4) is 0 Å². The van der Waals surface area contributed by atoms with Crippen LogP contribution in [0.2, 0.25) is 0 Å². The molecule has 11 rings (SSSR count). The van der Waals surface area contributed by atoms with Crippen molar-refractivity contribution in [3.63, 3.8) is 0 Å². The van der Waals surface area contributed by atoms with Gasteiger partial charge < -0.3 is 8.83 Å². The van der Waals surface area contributed by atoms with Gasteiger partial charge >= 0.3 is 0 Å². The number of pyridine rings is 1. The summed E-state index contributed by atoms with van der Waals surface area (Å²) in [5.74, 6) is 0.629. The Morgan fingerprint density at radius 3 is 1.73 bits per heavy atom. The number of furan rings is 2. The molecule has 0 N–H and O–H groups in total. The predicted molar refractivity (Wildman–Crippen MR) is 211 cm³/mol. The van der Waals surface area contributed by atoms with Crippen molar-refractivity contribution in [2.75, 3.05) is 0 Å². The maximum absolute atomic E-state index is 6.84. The minimum atomic E-state index is 0.629. The van der Waals surface area contributed by atoms with Gasteiger partial charge in [-0.15, -0.1) is 0 Å². The first-order valence-electron chi connectivity index (χ1n) is 17.4. The average molecular weight is 666 g/mol. The molecule has 0 aliphatic carbocycles. The molecule has 0 amide bonds. The van der Waals surface area contributed by atoms with E-state index < -0.39 is 0 Å². The van der Waals surface area contributed by atoms with Crippen molar-refractivity contribution >= 4 is 65.6 Å². The van der Waals surface area contributed by atoms with E-state index in [2.05, 4.69) is 103 Å². The van der Waals surface area contributed by atoms with E-state index in [0.717, 1.165) is 105 Å². The highest BCUT2D eigenvalue weighted by Crippen LogP contribution is 2.44. The van der Waals surface area contributed by atoms with Crippen molar-refractivity contribution < 1.29 is 8.83 Å². The largest absolute Gasteiger partial charge is 0.455 e. The van der Waals surface area contributed by atoms with Gasteiger partial charge in [-0.1, -0.05) is 121 Å². The number of nitrogens with zero attached hydrogens (tertiary/aromatic N) is 3. The highest BCUT2D eigenvalue weighted by molar-refractivity contribution is 6.29. The molecule has 0 saturated heterocycles. The Hall–Kier alpha value is -7.11. The SMILES string of the molecule is c1ccc(-c2nc(-c3cccc4c3oc3ccccc34)cc(-c3cccc4c3oc3ccc5c(-c6ccccc6)nc6ccccc6c5c34)n2)cc1. The highest BCUT2D eigenvalue weighted by Gasteiger charge is 2.21. The molecule has 0 bridgehead atoms. The number of benzene rings is 7. The number of hydrogen-bond donors (Lipinski definition) is 0. The molecule has 0 atom stereocenters. The van der Waals surface area contributed by atoms with Crippen molar-refractivity contribution in [3.8, 4) is 45.2 Å². The van der Waals surface area contributed by atoms with Crippen LogP contribution < -0.4 is 0 Å². The zero-order valence-electron chi connectivity index (χ0n) is 27.7. The van der Waals surface area contributed by atoms with Gasteiger partial charge in [-0.25, -0.2) is 15.0 Å². The van der Waals surface area contributed by atoms with Crippen LogP contribution in [0.1, 0.15) is 0 Å². The molecule has 7 aromatic carbocycles. The molecule has 4 heterocycles. The van der Waals surface area contributed by atoms with E-state index in [9.17, 15) is 0 Å². The summed E-state index contributed by atoms with van der Waals surface area (Å²) in [6, 6.07) is 55.9. The Bertz CT molecular complexity index is 3180. The molecule has 52 heavy (non-hydrogen) atoms. The second kappa shape index (κ2) is 11.2. The molecule has 5 heteroatoms. The van der Waals surface area contributed by atoms with Crippen molar-refractivity contribution in [2.45, 2.75) is 0 Å². The van der Waals surface area contributed by atoms with Crippen molar-refractivity contribution in [1.29, 1.82) is 0 Å². The standard InChI is InChI=1S/C47H27N3O2/c1-3-13-28(14-4-1)44-35-25-26-41-43(42(35)32-18-7-9-23-37(32)48-44)36-22-12-21-34(46(36)52-41)39-27-38(49-47(50-39)29-15-5-2-6-16-29)33-20-11-19-31-30-17-8-10-24-40(30)51-45(31)33/h1-27H. The van der Waals surface area contributed by atoms with Crippen LogP contribution in [-0.2, 0) is 0 Å². The maximum atomic E-state index is 6.84. The molecule has 11 aromatic rings. The third-order valence-electron chi connectivity index (χ3n) is 10.1. The monoisotopic (exact) mass is 665 g/mol. The Balaban J connectivity index is 1.20. The van der Waals surface area contributed by atoms with Crippen LogP contribution in [0.5, 0.6) is 0 Å². The number of para-hydroxylation sites is 4. The van der Waals surface area contributed by atoms with Gasteiger partial charge in [0.05, 0.1) is 22.6 Å². The Labute approximate surface area is 297 Å². The quantitative estimate of drug-likeness (QED) is 0.175. The lowest BCUT2D eigenvalue weighted by Crippen LogP contribution is -1.96.